The van der Waals surface area contributed by atoms with Crippen molar-refractivity contribution in [3.05, 3.63) is 18.0 Å². The van der Waals surface area contributed by atoms with E-state index in [0.29, 0.717) is 0 Å². The molecule has 0 amide bonds. The molecule has 0 fully saturated rings. The van der Waals surface area contributed by atoms with Crippen LogP contribution >= 0.6 is 0 Å². The molecule has 94 valence electrons. The molecular weight excluding hydrogens is 198 g/mol. The minimum absolute atomic E-state index is 1.07. The maximum Gasteiger partial charge on any atom is 0.0520 e. The quantitative estimate of drug-likeness (QED) is 0.793. The Bertz CT molecular complexity index is 279. The maximum absolute atomic E-state index is 3.16. The van der Waals surface area contributed by atoms with Crippen LogP contribution in [0.1, 0.15) is 33.4 Å². The summed E-state index contributed by atoms with van der Waals surface area (Å²) in [4.78, 5) is 2.34. The van der Waals surface area contributed by atoms with Gasteiger partial charge in [0.15, 0.2) is 0 Å². The van der Waals surface area contributed by atoms with Gasteiger partial charge in [-0.25, -0.2) is 0 Å². The third kappa shape index (κ3) is 3.89. The van der Waals surface area contributed by atoms with Gasteiger partial charge in [0, 0.05) is 38.6 Å². The fourth-order valence-electron chi connectivity index (χ4n) is 1.67. The van der Waals surface area contributed by atoms with E-state index in [-0.39, 0.29) is 0 Å². The predicted octanol–water partition coefficient (Wildman–Crippen LogP) is 3.03. The molecule has 16 heavy (non-hydrogen) atoms. The van der Waals surface area contributed by atoms with Gasteiger partial charge in [0.05, 0.1) is 5.69 Å². The molecule has 0 bridgehead atoms. The number of nitrogens with one attached hydrogen (secondary N) is 1. The molecule has 1 aromatic heterocycles. The van der Waals surface area contributed by atoms with Crippen LogP contribution in [0.2, 0.25) is 0 Å². The van der Waals surface area contributed by atoms with Crippen LogP contribution in [0.15, 0.2) is 12.3 Å². The number of anilines is 1. The first-order chi connectivity index (χ1) is 7.79. The van der Waals surface area contributed by atoms with Gasteiger partial charge in [0.2, 0.25) is 0 Å². The van der Waals surface area contributed by atoms with Crippen LogP contribution in [-0.4, -0.2) is 30.1 Å². The van der Waals surface area contributed by atoms with E-state index in [1.165, 1.54) is 11.4 Å². The van der Waals surface area contributed by atoms with Crippen LogP contribution in [0.5, 0.6) is 0 Å². The second-order valence-electron chi connectivity index (χ2n) is 3.40. The highest BCUT2D eigenvalue weighted by atomic mass is 15.2. The Kier molecular flexibility index (Phi) is 7.73. The summed E-state index contributed by atoms with van der Waals surface area (Å²) < 4.78 is 2.33. The van der Waals surface area contributed by atoms with E-state index >= 15 is 0 Å². The topological polar surface area (TPSA) is 20.2 Å². The summed E-state index contributed by atoms with van der Waals surface area (Å²) in [7, 11) is 4.13. The monoisotopic (exact) mass is 225 g/mol. The highest BCUT2D eigenvalue weighted by Gasteiger charge is 2.12. The van der Waals surface area contributed by atoms with Crippen molar-refractivity contribution in [3.8, 4) is 0 Å². The van der Waals surface area contributed by atoms with Gasteiger partial charge < -0.3 is 9.88 Å². The number of aromatic nitrogens is 1. The van der Waals surface area contributed by atoms with E-state index in [1.807, 2.05) is 34.7 Å². The highest BCUT2D eigenvalue weighted by Crippen LogP contribution is 2.17. The Hall–Kier alpha value is -0.960. The van der Waals surface area contributed by atoms with Crippen molar-refractivity contribution in [2.75, 3.05) is 26.0 Å². The third-order valence-electron chi connectivity index (χ3n) is 2.43. The molecule has 0 aromatic carbocycles. The zero-order valence-corrected chi connectivity index (χ0v) is 11.7. The summed E-state index contributed by atoms with van der Waals surface area (Å²) >= 11 is 0. The summed E-state index contributed by atoms with van der Waals surface area (Å²) in [5.74, 6) is 0. The number of hydrogen-bond acceptors (Lipinski definition) is 2. The first kappa shape index (κ1) is 15.0. The van der Waals surface area contributed by atoms with Gasteiger partial charge in [-0.05, 0) is 13.1 Å². The number of hydrogen-bond donors (Lipinski definition) is 1. The maximum atomic E-state index is 3.16. The lowest BCUT2D eigenvalue weighted by molar-refractivity contribution is 0.270. The average molecular weight is 225 g/mol. The number of nitrogens with zero attached hydrogens (tertiary/aromatic N) is 2. The molecule has 0 saturated carbocycles. The van der Waals surface area contributed by atoms with Gasteiger partial charge in [-0.15, -0.1) is 0 Å². The Morgan fingerprint density at radius 3 is 2.31 bits per heavy atom. The molecular formula is C13H27N3. The molecule has 0 unspecified atom stereocenters. The Morgan fingerprint density at radius 2 is 1.75 bits per heavy atom. The normalized spacial score (nSPS) is 13.9. The van der Waals surface area contributed by atoms with Crippen molar-refractivity contribution in [3.63, 3.8) is 0 Å². The van der Waals surface area contributed by atoms with Crippen LogP contribution < -0.4 is 5.32 Å². The van der Waals surface area contributed by atoms with E-state index < -0.39 is 0 Å². The van der Waals surface area contributed by atoms with E-state index in [2.05, 4.69) is 34.1 Å². The van der Waals surface area contributed by atoms with Gasteiger partial charge in [0.25, 0.3) is 0 Å². The zero-order chi connectivity index (χ0) is 12.6. The summed E-state index contributed by atoms with van der Waals surface area (Å²) in [5, 5.41) is 3.16. The van der Waals surface area contributed by atoms with Crippen LogP contribution in [0.25, 0.3) is 0 Å². The second-order valence-corrected chi connectivity index (χ2v) is 3.40. The molecule has 1 aliphatic rings. The first-order valence-electron chi connectivity index (χ1n) is 6.35. The second kappa shape index (κ2) is 8.22. The zero-order valence-electron chi connectivity index (χ0n) is 11.7. The molecule has 1 aliphatic heterocycles. The van der Waals surface area contributed by atoms with E-state index in [4.69, 9.17) is 0 Å². The smallest absolute Gasteiger partial charge is 0.0520 e. The van der Waals surface area contributed by atoms with Crippen LogP contribution in [-0.2, 0) is 13.1 Å². The third-order valence-corrected chi connectivity index (χ3v) is 2.43. The van der Waals surface area contributed by atoms with Crippen molar-refractivity contribution in [2.45, 2.75) is 40.8 Å². The van der Waals surface area contributed by atoms with Gasteiger partial charge >= 0.3 is 0 Å². The van der Waals surface area contributed by atoms with E-state index in [0.717, 1.165) is 19.6 Å². The molecule has 3 heteroatoms. The molecule has 0 spiro atoms. The molecule has 0 radical (unpaired) electrons. The van der Waals surface area contributed by atoms with E-state index in [9.17, 15) is 0 Å². The van der Waals surface area contributed by atoms with Gasteiger partial charge in [-0.1, -0.05) is 27.7 Å². The summed E-state index contributed by atoms with van der Waals surface area (Å²) in [6.07, 6.45) is 2.18. The molecule has 1 N–H and O–H groups in total. The van der Waals surface area contributed by atoms with Gasteiger partial charge in [0.1, 0.15) is 0 Å². The first-order valence-corrected chi connectivity index (χ1v) is 6.35. The van der Waals surface area contributed by atoms with Crippen molar-refractivity contribution >= 4 is 5.69 Å². The SMILES string of the molecule is CC.CC.CNc1cc2n(c1)CCN(C)C2. The van der Waals surface area contributed by atoms with Crippen molar-refractivity contribution in [1.82, 2.24) is 9.47 Å². The number of fused-ring (bicyclic) bond motifs is 1. The minimum Gasteiger partial charge on any atom is -0.387 e. The molecule has 1 aromatic rings. The highest BCUT2D eigenvalue weighted by molar-refractivity contribution is 5.43. The predicted molar refractivity (Wildman–Crippen MR) is 73.0 cm³/mol. The lowest BCUT2D eigenvalue weighted by atomic mass is 10.3. The molecule has 0 aliphatic carbocycles. The summed E-state index contributed by atoms with van der Waals surface area (Å²) in [6, 6.07) is 2.22. The Morgan fingerprint density at radius 1 is 1.12 bits per heavy atom. The number of rotatable bonds is 1. The molecule has 0 saturated heterocycles. The fourth-order valence-corrected chi connectivity index (χ4v) is 1.67. The van der Waals surface area contributed by atoms with Gasteiger partial charge in [-0.2, -0.15) is 0 Å². The van der Waals surface area contributed by atoms with Crippen LogP contribution in [0.4, 0.5) is 5.69 Å². The minimum atomic E-state index is 1.07. The molecule has 2 rings (SSSR count). The standard InChI is InChI=1S/C9H15N3.2C2H6/c1-10-8-5-9-7-11(2)3-4-12(9)6-8;2*1-2/h5-6,10H,3-4,7H2,1-2H3;2*1-2H3. The average Bonchev–Trinajstić information content (AvgIpc) is 2.76. The fraction of sp³-hybridized carbons (Fsp3) is 0.692. The molecule has 2 heterocycles. The number of likely N-dealkylation sites (N-methyl/N-ethyl adjacent to an activating group) is 1. The van der Waals surface area contributed by atoms with Crippen LogP contribution in [0, 0.1) is 0 Å². The Labute approximate surface area is 100 Å². The lowest BCUT2D eigenvalue weighted by Gasteiger charge is -2.24. The summed E-state index contributed by atoms with van der Waals surface area (Å²) in [5.41, 5.74) is 2.63. The van der Waals surface area contributed by atoms with Crippen molar-refractivity contribution < 1.29 is 0 Å². The summed E-state index contributed by atoms with van der Waals surface area (Å²) in [6.45, 7) is 11.3. The lowest BCUT2D eigenvalue weighted by Crippen LogP contribution is -2.29. The largest absolute Gasteiger partial charge is 0.387 e. The van der Waals surface area contributed by atoms with Gasteiger partial charge in [-0.3, -0.25) is 4.90 Å². The van der Waals surface area contributed by atoms with Crippen LogP contribution in [0.3, 0.4) is 0 Å². The Balaban J connectivity index is 0.000000509. The van der Waals surface area contributed by atoms with E-state index in [1.54, 1.807) is 0 Å². The molecule has 3 nitrogen and oxygen atoms in total. The molecule has 0 atom stereocenters. The van der Waals surface area contributed by atoms with Crippen molar-refractivity contribution in [1.29, 1.82) is 0 Å². The van der Waals surface area contributed by atoms with Crippen molar-refractivity contribution in [2.24, 2.45) is 0 Å².